The number of aryl methyl sites for hydroxylation is 2. The molecule has 27 heavy (non-hydrogen) atoms. The van der Waals surface area contributed by atoms with Crippen LogP contribution in [0.25, 0.3) is 20.8 Å². The molecule has 0 saturated carbocycles. The monoisotopic (exact) mass is 372 g/mol. The number of anilines is 1. The fraction of sp³-hybridized carbons (Fsp3) is 0.130. The van der Waals surface area contributed by atoms with E-state index in [0.29, 0.717) is 6.42 Å². The third-order valence-electron chi connectivity index (χ3n) is 4.44. The zero-order valence-electron chi connectivity index (χ0n) is 15.3. The predicted molar refractivity (Wildman–Crippen MR) is 113 cm³/mol. The van der Waals surface area contributed by atoms with Gasteiger partial charge in [-0.3, -0.25) is 4.79 Å². The minimum Gasteiger partial charge on any atom is -0.326 e. The van der Waals surface area contributed by atoms with E-state index in [1.54, 1.807) is 11.3 Å². The summed E-state index contributed by atoms with van der Waals surface area (Å²) in [6, 6.07) is 22.2. The number of nitrogens with one attached hydrogen (secondary N) is 1. The molecule has 0 unspecified atom stereocenters. The zero-order chi connectivity index (χ0) is 18.8. The quantitative estimate of drug-likeness (QED) is 0.495. The van der Waals surface area contributed by atoms with Crippen LogP contribution in [0.1, 0.15) is 16.7 Å². The van der Waals surface area contributed by atoms with Gasteiger partial charge in [0, 0.05) is 11.3 Å². The molecule has 134 valence electrons. The number of thiazole rings is 1. The number of carbonyl (C=O) groups excluding carboxylic acids is 1. The van der Waals surface area contributed by atoms with Crippen molar-refractivity contribution < 1.29 is 4.79 Å². The molecule has 3 aromatic carbocycles. The van der Waals surface area contributed by atoms with Crippen LogP contribution in [0.4, 0.5) is 5.69 Å². The van der Waals surface area contributed by atoms with Crippen molar-refractivity contribution in [1.82, 2.24) is 4.98 Å². The molecule has 1 N–H and O–H groups in total. The second kappa shape index (κ2) is 7.33. The van der Waals surface area contributed by atoms with Crippen LogP contribution >= 0.6 is 11.3 Å². The summed E-state index contributed by atoms with van der Waals surface area (Å²) in [5.74, 6) is -0.0120. The van der Waals surface area contributed by atoms with Crippen LogP contribution in [0.15, 0.2) is 66.7 Å². The third kappa shape index (κ3) is 4.07. The first-order valence-electron chi connectivity index (χ1n) is 8.90. The lowest BCUT2D eigenvalue weighted by Crippen LogP contribution is -2.14. The Balaban J connectivity index is 1.46. The highest BCUT2D eigenvalue weighted by Crippen LogP contribution is 2.31. The van der Waals surface area contributed by atoms with Crippen molar-refractivity contribution in [3.63, 3.8) is 0 Å². The van der Waals surface area contributed by atoms with Crippen molar-refractivity contribution in [2.75, 3.05) is 5.32 Å². The number of aromatic nitrogens is 1. The van der Waals surface area contributed by atoms with Gasteiger partial charge in [-0.15, -0.1) is 11.3 Å². The standard InChI is InChI=1S/C23H20N2OS/c1-15-3-6-17(7-4-15)14-22(26)24-19-10-8-18(9-11-19)23-25-20-12-5-16(2)13-21(20)27-23/h3-13H,14H2,1-2H3,(H,24,26). The fourth-order valence-corrected chi connectivity index (χ4v) is 4.02. The number of fused-ring (bicyclic) bond motifs is 1. The maximum Gasteiger partial charge on any atom is 0.228 e. The molecule has 0 fully saturated rings. The van der Waals surface area contributed by atoms with E-state index in [0.717, 1.165) is 27.3 Å². The molecule has 0 aliphatic rings. The smallest absolute Gasteiger partial charge is 0.228 e. The highest BCUT2D eigenvalue weighted by atomic mass is 32.1. The van der Waals surface area contributed by atoms with Gasteiger partial charge in [0.1, 0.15) is 5.01 Å². The lowest BCUT2D eigenvalue weighted by atomic mass is 10.1. The third-order valence-corrected chi connectivity index (χ3v) is 5.51. The number of hydrogen-bond donors (Lipinski definition) is 1. The Bertz CT molecular complexity index is 1100. The van der Waals surface area contributed by atoms with E-state index in [9.17, 15) is 4.79 Å². The Hall–Kier alpha value is -2.98. The second-order valence-electron chi connectivity index (χ2n) is 6.78. The van der Waals surface area contributed by atoms with Crippen molar-refractivity contribution in [1.29, 1.82) is 0 Å². The molecular formula is C23H20N2OS. The Morgan fingerprint density at radius 2 is 1.63 bits per heavy atom. The van der Waals surface area contributed by atoms with Gasteiger partial charge in [0.15, 0.2) is 0 Å². The molecular weight excluding hydrogens is 352 g/mol. The molecule has 0 aliphatic carbocycles. The maximum absolute atomic E-state index is 12.2. The number of amides is 1. The molecule has 4 rings (SSSR count). The maximum atomic E-state index is 12.2. The minimum absolute atomic E-state index is 0.0120. The summed E-state index contributed by atoms with van der Waals surface area (Å²) in [5.41, 5.74) is 6.33. The van der Waals surface area contributed by atoms with Crippen molar-refractivity contribution in [3.05, 3.63) is 83.4 Å². The Kier molecular flexibility index (Phi) is 4.73. The van der Waals surface area contributed by atoms with Crippen molar-refractivity contribution in [3.8, 4) is 10.6 Å². The Morgan fingerprint density at radius 1 is 0.926 bits per heavy atom. The summed E-state index contributed by atoms with van der Waals surface area (Å²) in [6.45, 7) is 4.13. The van der Waals surface area contributed by atoms with Gasteiger partial charge >= 0.3 is 0 Å². The first-order valence-corrected chi connectivity index (χ1v) is 9.71. The average molecular weight is 372 g/mol. The zero-order valence-corrected chi connectivity index (χ0v) is 16.1. The highest BCUT2D eigenvalue weighted by Gasteiger charge is 2.08. The summed E-state index contributed by atoms with van der Waals surface area (Å²) in [4.78, 5) is 17.0. The summed E-state index contributed by atoms with van der Waals surface area (Å²) >= 11 is 1.69. The summed E-state index contributed by atoms with van der Waals surface area (Å²) in [7, 11) is 0. The molecule has 0 radical (unpaired) electrons. The van der Waals surface area contributed by atoms with E-state index >= 15 is 0 Å². The van der Waals surface area contributed by atoms with E-state index in [4.69, 9.17) is 4.98 Å². The van der Waals surface area contributed by atoms with Gasteiger partial charge in [-0.2, -0.15) is 0 Å². The number of rotatable bonds is 4. The minimum atomic E-state index is -0.0120. The fourth-order valence-electron chi connectivity index (χ4n) is 2.95. The predicted octanol–water partition coefficient (Wildman–Crippen LogP) is 5.76. The summed E-state index contributed by atoms with van der Waals surface area (Å²) < 4.78 is 1.19. The van der Waals surface area contributed by atoms with Crippen molar-refractivity contribution >= 4 is 33.1 Å². The summed E-state index contributed by atoms with van der Waals surface area (Å²) in [6.07, 6.45) is 0.374. The van der Waals surface area contributed by atoms with Crippen LogP contribution in [-0.4, -0.2) is 10.9 Å². The van der Waals surface area contributed by atoms with Gasteiger partial charge in [0.25, 0.3) is 0 Å². The normalized spacial score (nSPS) is 10.9. The first kappa shape index (κ1) is 17.4. The molecule has 0 spiro atoms. The van der Waals surface area contributed by atoms with E-state index < -0.39 is 0 Å². The van der Waals surface area contributed by atoms with Gasteiger partial charge in [0.2, 0.25) is 5.91 Å². The topological polar surface area (TPSA) is 42.0 Å². The van der Waals surface area contributed by atoms with Crippen LogP contribution < -0.4 is 5.32 Å². The molecule has 1 aromatic heterocycles. The molecule has 4 heteroatoms. The van der Waals surface area contributed by atoms with Gasteiger partial charge in [-0.1, -0.05) is 35.9 Å². The van der Waals surface area contributed by atoms with E-state index in [-0.39, 0.29) is 5.91 Å². The lowest BCUT2D eigenvalue weighted by molar-refractivity contribution is -0.115. The number of carbonyl (C=O) groups is 1. The van der Waals surface area contributed by atoms with Gasteiger partial charge in [-0.25, -0.2) is 4.98 Å². The van der Waals surface area contributed by atoms with E-state index in [2.05, 4.69) is 30.4 Å². The number of nitrogens with zero attached hydrogens (tertiary/aromatic N) is 1. The van der Waals surface area contributed by atoms with Gasteiger partial charge < -0.3 is 5.32 Å². The highest BCUT2D eigenvalue weighted by molar-refractivity contribution is 7.21. The van der Waals surface area contributed by atoms with Gasteiger partial charge in [0.05, 0.1) is 16.6 Å². The van der Waals surface area contributed by atoms with E-state index in [1.165, 1.54) is 15.8 Å². The second-order valence-corrected chi connectivity index (χ2v) is 7.81. The summed E-state index contributed by atoms with van der Waals surface area (Å²) in [5, 5.41) is 3.96. The SMILES string of the molecule is Cc1ccc(CC(=O)Nc2ccc(-c3nc4ccc(C)cc4s3)cc2)cc1. The number of benzene rings is 3. The van der Waals surface area contributed by atoms with Crippen LogP contribution in [0.5, 0.6) is 0 Å². The first-order chi connectivity index (χ1) is 13.1. The van der Waals surface area contributed by atoms with Crippen LogP contribution in [0.2, 0.25) is 0 Å². The van der Waals surface area contributed by atoms with Crippen molar-refractivity contribution in [2.45, 2.75) is 20.3 Å². The molecule has 4 aromatic rings. The molecule has 0 saturated heterocycles. The van der Waals surface area contributed by atoms with E-state index in [1.807, 2.05) is 55.5 Å². The van der Waals surface area contributed by atoms with Gasteiger partial charge in [-0.05, 0) is 61.4 Å². The molecule has 0 atom stereocenters. The Labute approximate surface area is 162 Å². The number of hydrogen-bond acceptors (Lipinski definition) is 3. The molecule has 0 bridgehead atoms. The molecule has 0 aliphatic heterocycles. The van der Waals surface area contributed by atoms with Crippen LogP contribution in [-0.2, 0) is 11.2 Å². The molecule has 1 heterocycles. The molecule has 1 amide bonds. The van der Waals surface area contributed by atoms with Crippen molar-refractivity contribution in [2.24, 2.45) is 0 Å². The van der Waals surface area contributed by atoms with Crippen LogP contribution in [0, 0.1) is 13.8 Å². The largest absolute Gasteiger partial charge is 0.326 e. The Morgan fingerprint density at radius 3 is 2.37 bits per heavy atom. The lowest BCUT2D eigenvalue weighted by Gasteiger charge is -2.06. The average Bonchev–Trinajstić information content (AvgIpc) is 3.07. The molecule has 3 nitrogen and oxygen atoms in total. The van der Waals surface area contributed by atoms with Crippen LogP contribution in [0.3, 0.4) is 0 Å².